The number of nitrogens with one attached hydrogen (secondary N) is 2. The van der Waals surface area contributed by atoms with Crippen molar-refractivity contribution in [2.24, 2.45) is 0 Å². The number of fused-ring (bicyclic) bond motifs is 1. The Bertz CT molecular complexity index is 661. The Balaban J connectivity index is 2.00. The molecule has 1 heterocycles. The summed E-state index contributed by atoms with van der Waals surface area (Å²) in [7, 11) is -1.97. The molecule has 0 aliphatic carbocycles. The quantitative estimate of drug-likeness (QED) is 0.655. The summed E-state index contributed by atoms with van der Waals surface area (Å²) in [6.07, 6.45) is 0.756. The van der Waals surface area contributed by atoms with Gasteiger partial charge < -0.3 is 15.0 Å². The Kier molecular flexibility index (Phi) is 6.11. The minimum absolute atomic E-state index is 0.0754. The van der Waals surface area contributed by atoms with Crippen LogP contribution in [0, 0.1) is 0 Å². The van der Waals surface area contributed by atoms with Gasteiger partial charge in [0.25, 0.3) is 0 Å². The number of carbonyl (C=O) groups is 1. The number of rotatable bonds is 8. The van der Waals surface area contributed by atoms with Gasteiger partial charge in [-0.15, -0.1) is 0 Å². The van der Waals surface area contributed by atoms with Gasteiger partial charge >= 0.3 is 0 Å². The van der Waals surface area contributed by atoms with Crippen LogP contribution in [0.5, 0.6) is 0 Å². The summed E-state index contributed by atoms with van der Waals surface area (Å²) in [5, 5.41) is 3.07. The monoisotopic (exact) mass is 341 g/mol. The maximum Gasteiger partial charge on any atom is 0.240 e. The Labute approximate surface area is 137 Å². The molecule has 1 aromatic rings. The smallest absolute Gasteiger partial charge is 0.240 e. The Morgan fingerprint density at radius 2 is 2.09 bits per heavy atom. The summed E-state index contributed by atoms with van der Waals surface area (Å²) >= 11 is 0. The molecule has 0 saturated carbocycles. The maximum atomic E-state index is 12.3. The van der Waals surface area contributed by atoms with Crippen LogP contribution in [-0.2, 0) is 26.0 Å². The fourth-order valence-electron chi connectivity index (χ4n) is 2.51. The van der Waals surface area contributed by atoms with Gasteiger partial charge in [0.1, 0.15) is 0 Å². The number of ether oxygens (including phenoxy) is 1. The highest BCUT2D eigenvalue weighted by atomic mass is 32.2. The predicted octanol–water partition coefficient (Wildman–Crippen LogP) is 0.110. The lowest BCUT2D eigenvalue weighted by Crippen LogP contribution is -2.33. The van der Waals surface area contributed by atoms with Crippen molar-refractivity contribution >= 4 is 21.6 Å². The lowest BCUT2D eigenvalue weighted by Gasteiger charge is -2.16. The van der Waals surface area contributed by atoms with Crippen molar-refractivity contribution in [3.8, 4) is 0 Å². The number of hydrogen-bond acceptors (Lipinski definition) is 5. The van der Waals surface area contributed by atoms with Gasteiger partial charge in [0.2, 0.25) is 15.9 Å². The first-order valence-corrected chi connectivity index (χ1v) is 9.04. The standard InChI is InChI=1S/C15H23N3O4S/c1-12(19)18-9-5-13-3-4-14(11-15(13)18)23(20,21)17-7-6-16-8-10-22-2/h3-4,11,16-17H,5-10H2,1-2H3. The molecule has 0 unspecified atom stereocenters. The molecule has 7 nitrogen and oxygen atoms in total. The molecule has 0 aromatic heterocycles. The van der Waals surface area contributed by atoms with E-state index in [0.717, 1.165) is 12.0 Å². The Hall–Kier alpha value is -1.48. The average molecular weight is 341 g/mol. The SMILES string of the molecule is COCCNCCNS(=O)(=O)c1ccc2c(c1)N(C(C)=O)CC2. The second kappa shape index (κ2) is 7.87. The molecule has 0 saturated heterocycles. The van der Waals surface area contributed by atoms with E-state index in [1.54, 1.807) is 30.2 Å². The van der Waals surface area contributed by atoms with Crippen LogP contribution in [0.25, 0.3) is 0 Å². The van der Waals surface area contributed by atoms with Crippen LogP contribution >= 0.6 is 0 Å². The average Bonchev–Trinajstić information content (AvgIpc) is 2.94. The topological polar surface area (TPSA) is 87.7 Å². The molecule has 1 aromatic carbocycles. The van der Waals surface area contributed by atoms with Gasteiger partial charge in [0, 0.05) is 45.9 Å². The van der Waals surface area contributed by atoms with Crippen LogP contribution in [0.15, 0.2) is 23.1 Å². The lowest BCUT2D eigenvalue weighted by atomic mass is 10.2. The van der Waals surface area contributed by atoms with Gasteiger partial charge in [-0.1, -0.05) is 6.07 Å². The summed E-state index contributed by atoms with van der Waals surface area (Å²) < 4.78 is 32.1. The van der Waals surface area contributed by atoms with Gasteiger partial charge in [-0.25, -0.2) is 13.1 Å². The molecule has 1 aliphatic rings. The summed E-state index contributed by atoms with van der Waals surface area (Å²) in [6.45, 7) is 4.15. The zero-order valence-corrected chi connectivity index (χ0v) is 14.3. The van der Waals surface area contributed by atoms with Crippen molar-refractivity contribution < 1.29 is 17.9 Å². The molecule has 1 aliphatic heterocycles. The molecule has 0 fully saturated rings. The Morgan fingerprint density at radius 1 is 1.30 bits per heavy atom. The minimum atomic E-state index is -3.58. The zero-order valence-electron chi connectivity index (χ0n) is 13.5. The lowest BCUT2D eigenvalue weighted by molar-refractivity contribution is -0.116. The zero-order chi connectivity index (χ0) is 16.9. The number of carbonyl (C=O) groups excluding carboxylic acids is 1. The largest absolute Gasteiger partial charge is 0.383 e. The second-order valence-corrected chi connectivity index (χ2v) is 7.12. The summed E-state index contributed by atoms with van der Waals surface area (Å²) in [5.74, 6) is -0.0754. The van der Waals surface area contributed by atoms with Crippen molar-refractivity contribution in [1.29, 1.82) is 0 Å². The van der Waals surface area contributed by atoms with Crippen molar-refractivity contribution in [2.45, 2.75) is 18.2 Å². The molecule has 1 amide bonds. The number of sulfonamides is 1. The summed E-state index contributed by atoms with van der Waals surface area (Å²) in [4.78, 5) is 13.4. The molecule has 8 heteroatoms. The van der Waals surface area contributed by atoms with Crippen LogP contribution in [0.2, 0.25) is 0 Å². The first-order valence-electron chi connectivity index (χ1n) is 7.56. The predicted molar refractivity (Wildman–Crippen MR) is 88.1 cm³/mol. The molecular formula is C15H23N3O4S. The van der Waals surface area contributed by atoms with Crippen LogP contribution in [-0.4, -0.2) is 54.2 Å². The van der Waals surface area contributed by atoms with Gasteiger partial charge in [-0.2, -0.15) is 0 Å². The van der Waals surface area contributed by atoms with Gasteiger partial charge in [0.15, 0.2) is 0 Å². The normalized spacial score (nSPS) is 14.1. The highest BCUT2D eigenvalue weighted by molar-refractivity contribution is 7.89. The molecule has 0 bridgehead atoms. The van der Waals surface area contributed by atoms with Crippen LogP contribution in [0.4, 0.5) is 5.69 Å². The molecule has 2 N–H and O–H groups in total. The van der Waals surface area contributed by atoms with E-state index < -0.39 is 10.0 Å². The van der Waals surface area contributed by atoms with Crippen LogP contribution in [0.1, 0.15) is 12.5 Å². The van der Waals surface area contributed by atoms with E-state index in [4.69, 9.17) is 4.74 Å². The number of amides is 1. The van der Waals surface area contributed by atoms with E-state index >= 15 is 0 Å². The Morgan fingerprint density at radius 3 is 2.78 bits per heavy atom. The number of methoxy groups -OCH3 is 1. The first-order chi connectivity index (χ1) is 11.0. The van der Waals surface area contributed by atoms with E-state index in [0.29, 0.717) is 38.5 Å². The number of nitrogens with zero attached hydrogens (tertiary/aromatic N) is 1. The van der Waals surface area contributed by atoms with Crippen molar-refractivity contribution in [3.63, 3.8) is 0 Å². The number of anilines is 1. The van der Waals surface area contributed by atoms with E-state index in [2.05, 4.69) is 10.0 Å². The van der Waals surface area contributed by atoms with E-state index in [9.17, 15) is 13.2 Å². The fourth-order valence-corrected chi connectivity index (χ4v) is 3.56. The van der Waals surface area contributed by atoms with E-state index in [1.165, 1.54) is 6.92 Å². The molecule has 128 valence electrons. The third-order valence-electron chi connectivity index (χ3n) is 3.72. The van der Waals surface area contributed by atoms with E-state index in [1.807, 2.05) is 0 Å². The molecular weight excluding hydrogens is 318 g/mol. The van der Waals surface area contributed by atoms with Gasteiger partial charge in [-0.05, 0) is 24.1 Å². The van der Waals surface area contributed by atoms with Gasteiger partial charge in [0.05, 0.1) is 11.5 Å². The molecule has 0 spiro atoms. The van der Waals surface area contributed by atoms with Crippen LogP contribution < -0.4 is 14.9 Å². The second-order valence-electron chi connectivity index (χ2n) is 5.35. The summed E-state index contributed by atoms with van der Waals surface area (Å²) in [6, 6.07) is 4.94. The number of benzene rings is 1. The fraction of sp³-hybridized carbons (Fsp3) is 0.533. The third-order valence-corrected chi connectivity index (χ3v) is 5.18. The van der Waals surface area contributed by atoms with Gasteiger partial charge in [-0.3, -0.25) is 4.79 Å². The molecule has 0 radical (unpaired) electrons. The summed E-state index contributed by atoms with van der Waals surface area (Å²) in [5.41, 5.74) is 1.69. The maximum absolute atomic E-state index is 12.3. The molecule has 23 heavy (non-hydrogen) atoms. The third kappa shape index (κ3) is 4.51. The molecule has 0 atom stereocenters. The highest BCUT2D eigenvalue weighted by Crippen LogP contribution is 2.30. The van der Waals surface area contributed by atoms with Crippen molar-refractivity contribution in [2.75, 3.05) is 44.8 Å². The first kappa shape index (κ1) is 17.9. The van der Waals surface area contributed by atoms with Crippen LogP contribution in [0.3, 0.4) is 0 Å². The highest BCUT2D eigenvalue weighted by Gasteiger charge is 2.24. The van der Waals surface area contributed by atoms with E-state index in [-0.39, 0.29) is 10.8 Å². The molecule has 2 rings (SSSR count). The van der Waals surface area contributed by atoms with Crippen molar-refractivity contribution in [1.82, 2.24) is 10.0 Å². The number of hydrogen-bond donors (Lipinski definition) is 2. The van der Waals surface area contributed by atoms with Crippen molar-refractivity contribution in [3.05, 3.63) is 23.8 Å². The minimum Gasteiger partial charge on any atom is -0.383 e.